The Bertz CT molecular complexity index is 1530. The lowest BCUT2D eigenvalue weighted by molar-refractivity contribution is 0.313. The van der Waals surface area contributed by atoms with Gasteiger partial charge in [-0.3, -0.25) is 9.59 Å². The molecule has 0 saturated carbocycles. The van der Waals surface area contributed by atoms with Crippen molar-refractivity contribution in [2.45, 2.75) is 39.8 Å². The zero-order valence-corrected chi connectivity index (χ0v) is 22.1. The zero-order chi connectivity index (χ0) is 26.3. The van der Waals surface area contributed by atoms with E-state index in [0.717, 1.165) is 31.9 Å². The van der Waals surface area contributed by atoms with Gasteiger partial charge in [0.05, 0.1) is 5.69 Å². The second-order valence-corrected chi connectivity index (χ2v) is 10.5. The summed E-state index contributed by atoms with van der Waals surface area (Å²) in [6, 6.07) is 11.5. The fraction of sp³-hybridized carbons (Fsp3) is 0.407. The van der Waals surface area contributed by atoms with E-state index in [1.165, 1.54) is 11.8 Å². The highest BCUT2D eigenvalue weighted by Crippen LogP contribution is 2.23. The highest BCUT2D eigenvalue weighted by Gasteiger charge is 2.20. The molecule has 0 unspecified atom stereocenters. The molecule has 5 rings (SSSR count). The molecule has 4 aromatic rings. The number of piperazine rings is 1. The Morgan fingerprint density at radius 1 is 0.946 bits per heavy atom. The molecule has 0 spiro atoms. The van der Waals surface area contributed by atoms with Gasteiger partial charge in [0.1, 0.15) is 5.39 Å². The van der Waals surface area contributed by atoms with Crippen molar-refractivity contribution in [2.75, 3.05) is 43.4 Å². The molecule has 4 heterocycles. The first-order valence-electron chi connectivity index (χ1n) is 12.7. The molecule has 1 fully saturated rings. The number of fused-ring (bicyclic) bond motifs is 1. The van der Waals surface area contributed by atoms with E-state index in [2.05, 4.69) is 39.3 Å². The fourth-order valence-electron chi connectivity index (χ4n) is 4.71. The van der Waals surface area contributed by atoms with Crippen LogP contribution in [0.5, 0.6) is 0 Å². The summed E-state index contributed by atoms with van der Waals surface area (Å²) in [6.07, 6.45) is 3.34. The number of benzene rings is 1. The maximum absolute atomic E-state index is 13.1. The number of likely N-dealkylation sites (N-methyl/N-ethyl adjacent to an activating group) is 1. The second-order valence-electron chi connectivity index (χ2n) is 10.5. The third-order valence-electron chi connectivity index (χ3n) is 6.83. The molecule has 1 aromatic carbocycles. The van der Waals surface area contributed by atoms with Crippen LogP contribution in [0.25, 0.3) is 16.7 Å². The lowest BCUT2D eigenvalue weighted by Gasteiger charge is -2.34. The molecule has 1 aliphatic rings. The summed E-state index contributed by atoms with van der Waals surface area (Å²) < 4.78 is 5.05. The molecule has 194 valence electrons. The molecule has 3 aromatic heterocycles. The summed E-state index contributed by atoms with van der Waals surface area (Å²) in [5.41, 5.74) is 2.54. The van der Waals surface area contributed by atoms with Crippen molar-refractivity contribution < 1.29 is 0 Å². The molecule has 0 amide bonds. The van der Waals surface area contributed by atoms with Crippen molar-refractivity contribution in [3.05, 3.63) is 69.5 Å². The van der Waals surface area contributed by atoms with Crippen LogP contribution in [0.4, 0.5) is 17.3 Å². The maximum atomic E-state index is 13.1. The van der Waals surface area contributed by atoms with Gasteiger partial charge in [-0.05, 0) is 65.1 Å². The third-order valence-corrected chi connectivity index (χ3v) is 6.83. The first-order chi connectivity index (χ1) is 17.7. The first kappa shape index (κ1) is 24.8. The van der Waals surface area contributed by atoms with Crippen LogP contribution in [0, 0.1) is 0 Å². The average Bonchev–Trinajstić information content (AvgIpc) is 3.15. The van der Waals surface area contributed by atoms with Crippen LogP contribution in [-0.4, -0.2) is 62.0 Å². The molecule has 1 N–H and O–H groups in total. The number of nitrogens with zero attached hydrogens (tertiary/aromatic N) is 7. The second kappa shape index (κ2) is 9.51. The maximum Gasteiger partial charge on any atom is 0.278 e. The van der Waals surface area contributed by atoms with Gasteiger partial charge in [-0.15, -0.1) is 0 Å². The van der Waals surface area contributed by atoms with Gasteiger partial charge in [0.25, 0.3) is 11.1 Å². The molecule has 0 bridgehead atoms. The van der Waals surface area contributed by atoms with Crippen molar-refractivity contribution in [1.29, 1.82) is 0 Å². The van der Waals surface area contributed by atoms with Crippen molar-refractivity contribution in [3.63, 3.8) is 0 Å². The lowest BCUT2D eigenvalue weighted by atomic mass is 10.1. The van der Waals surface area contributed by atoms with E-state index in [-0.39, 0.29) is 11.1 Å². The predicted octanol–water partition coefficient (Wildman–Crippen LogP) is 3.01. The fourth-order valence-corrected chi connectivity index (χ4v) is 4.71. The summed E-state index contributed by atoms with van der Waals surface area (Å²) in [6.45, 7) is 12.4. The topological polar surface area (TPSA) is 93.2 Å². The number of hydrogen-bond acceptors (Lipinski definition) is 7. The van der Waals surface area contributed by atoms with Gasteiger partial charge in [0.2, 0.25) is 5.95 Å². The number of nitrogens with one attached hydrogen (secondary N) is 1. The highest BCUT2D eigenvalue weighted by atomic mass is 16.1. The van der Waals surface area contributed by atoms with E-state index in [1.54, 1.807) is 32.4 Å². The van der Waals surface area contributed by atoms with Crippen molar-refractivity contribution in [2.24, 2.45) is 0 Å². The Morgan fingerprint density at radius 3 is 2.27 bits per heavy atom. The summed E-state index contributed by atoms with van der Waals surface area (Å²) >= 11 is 0. The number of hydrogen-bond donors (Lipinski definition) is 1. The molecule has 10 heteroatoms. The van der Waals surface area contributed by atoms with Gasteiger partial charge in [0.15, 0.2) is 5.65 Å². The summed E-state index contributed by atoms with van der Waals surface area (Å²) in [4.78, 5) is 39.5. The van der Waals surface area contributed by atoms with Crippen LogP contribution in [-0.2, 0) is 12.1 Å². The Labute approximate surface area is 215 Å². The number of pyridine rings is 1. The average molecular weight is 503 g/mol. The Morgan fingerprint density at radius 2 is 1.62 bits per heavy atom. The molecule has 37 heavy (non-hydrogen) atoms. The normalized spacial score (nSPS) is 14.9. The zero-order valence-electron chi connectivity index (χ0n) is 22.1. The van der Waals surface area contributed by atoms with Crippen molar-refractivity contribution in [3.8, 4) is 5.69 Å². The minimum atomic E-state index is -0.411. The van der Waals surface area contributed by atoms with Crippen LogP contribution in [0.3, 0.4) is 0 Å². The van der Waals surface area contributed by atoms with E-state index in [1.807, 2.05) is 39.8 Å². The molecule has 1 saturated heterocycles. The van der Waals surface area contributed by atoms with Crippen LogP contribution < -0.4 is 21.3 Å². The first-order valence-corrected chi connectivity index (χ1v) is 12.7. The molecule has 0 radical (unpaired) electrons. The van der Waals surface area contributed by atoms with E-state index < -0.39 is 5.54 Å². The molecule has 0 aliphatic carbocycles. The van der Waals surface area contributed by atoms with E-state index in [9.17, 15) is 9.59 Å². The molecule has 1 aliphatic heterocycles. The predicted molar refractivity (Wildman–Crippen MR) is 147 cm³/mol. The molecule has 0 atom stereocenters. The van der Waals surface area contributed by atoms with E-state index in [0.29, 0.717) is 29.2 Å². The summed E-state index contributed by atoms with van der Waals surface area (Å²) in [5, 5.41) is 3.70. The molecular weight excluding hydrogens is 468 g/mol. The van der Waals surface area contributed by atoms with Crippen LogP contribution in [0.1, 0.15) is 27.7 Å². The Balaban J connectivity index is 1.50. The molecular formula is C27H34N8O2. The third kappa shape index (κ3) is 4.76. The standard InChI is InChI=1S/C27H34N8O2/c1-6-34-25(37)22-17-28-26(29-19-7-9-20(10-8-19)32-15-13-31(5)14-16-32)30-24(22)35(34)21-11-12-23(36)33(18-21)27(2,3)4/h7-12,17-18H,6,13-16H2,1-5H3,(H,28,29,30). The van der Waals surface area contributed by atoms with Gasteiger partial charge in [0, 0.05) is 68.1 Å². The molecule has 10 nitrogen and oxygen atoms in total. The van der Waals surface area contributed by atoms with Crippen LogP contribution >= 0.6 is 0 Å². The van der Waals surface area contributed by atoms with Crippen molar-refractivity contribution >= 4 is 28.4 Å². The summed E-state index contributed by atoms with van der Waals surface area (Å²) in [7, 11) is 2.15. The van der Waals surface area contributed by atoms with E-state index in [4.69, 9.17) is 4.98 Å². The largest absolute Gasteiger partial charge is 0.369 e. The quantitative estimate of drug-likeness (QED) is 0.448. The van der Waals surface area contributed by atoms with Gasteiger partial charge in [-0.25, -0.2) is 14.3 Å². The summed E-state index contributed by atoms with van der Waals surface area (Å²) in [5.74, 6) is 0.394. The van der Waals surface area contributed by atoms with Crippen molar-refractivity contribution in [1.82, 2.24) is 28.8 Å². The number of rotatable bonds is 5. The minimum Gasteiger partial charge on any atom is -0.369 e. The minimum absolute atomic E-state index is 0.102. The number of aromatic nitrogens is 5. The van der Waals surface area contributed by atoms with Gasteiger partial charge in [-0.2, -0.15) is 4.98 Å². The van der Waals surface area contributed by atoms with Crippen LogP contribution in [0.15, 0.2) is 58.4 Å². The number of anilines is 3. The lowest BCUT2D eigenvalue weighted by Crippen LogP contribution is -2.44. The SMILES string of the molecule is CCn1c(=O)c2cnc(Nc3ccc(N4CCN(C)CC4)cc3)nc2n1-c1ccc(=O)n(C(C)(C)C)c1. The highest BCUT2D eigenvalue weighted by molar-refractivity contribution is 5.77. The van der Waals surface area contributed by atoms with Gasteiger partial charge < -0.3 is 19.7 Å². The monoisotopic (exact) mass is 502 g/mol. The van der Waals surface area contributed by atoms with Gasteiger partial charge >= 0.3 is 0 Å². The smallest absolute Gasteiger partial charge is 0.278 e. The van der Waals surface area contributed by atoms with Crippen LogP contribution in [0.2, 0.25) is 0 Å². The Kier molecular flexibility index (Phi) is 6.36. The van der Waals surface area contributed by atoms with E-state index >= 15 is 0 Å². The van der Waals surface area contributed by atoms with Gasteiger partial charge in [-0.1, -0.05) is 0 Å². The Hall–Kier alpha value is -3.92.